The summed E-state index contributed by atoms with van der Waals surface area (Å²) in [5.74, 6) is 0. The van der Waals surface area contributed by atoms with Crippen molar-refractivity contribution < 1.29 is 0 Å². The van der Waals surface area contributed by atoms with Crippen LogP contribution in [-0.2, 0) is 0 Å². The molecule has 242 valence electrons. The minimum Gasteiger partial charge on any atom is -0.304 e. The predicted octanol–water partition coefficient (Wildman–Crippen LogP) is 14.2. The third-order valence-electron chi connectivity index (χ3n) is 9.47. The van der Waals surface area contributed by atoms with E-state index in [2.05, 4.69) is 25.7 Å². The summed E-state index contributed by atoms with van der Waals surface area (Å²) in [5, 5.41) is 0. The molecule has 0 unspecified atom stereocenters. The van der Waals surface area contributed by atoms with Crippen molar-refractivity contribution in [2.45, 2.75) is 233 Å². The Balaban J connectivity index is 3.05. The summed E-state index contributed by atoms with van der Waals surface area (Å²) in [6.45, 7) is 10.6. The van der Waals surface area contributed by atoms with Gasteiger partial charge in [-0.05, 0) is 26.1 Å². The Labute approximate surface area is 256 Å². The zero-order valence-electron chi connectivity index (χ0n) is 28.9. The molecular formula is C39H81N. The van der Waals surface area contributed by atoms with Crippen LogP contribution in [0.4, 0.5) is 0 Å². The Hall–Kier alpha value is -0.0400. The molecule has 0 amide bonds. The second-order valence-corrected chi connectivity index (χ2v) is 13.3. The van der Waals surface area contributed by atoms with E-state index in [0.717, 1.165) is 0 Å². The van der Waals surface area contributed by atoms with Gasteiger partial charge < -0.3 is 4.90 Å². The highest BCUT2D eigenvalue weighted by molar-refractivity contribution is 4.55. The van der Waals surface area contributed by atoms with Gasteiger partial charge in [0.1, 0.15) is 0 Å². The highest BCUT2D eigenvalue weighted by Gasteiger charge is 1.99. The van der Waals surface area contributed by atoms with Crippen LogP contribution in [0.15, 0.2) is 0 Å². The fourth-order valence-corrected chi connectivity index (χ4v) is 6.43. The predicted molar refractivity (Wildman–Crippen MR) is 186 cm³/mol. The van der Waals surface area contributed by atoms with Gasteiger partial charge in [0.25, 0.3) is 0 Å². The summed E-state index contributed by atoms with van der Waals surface area (Å²) in [4.78, 5) is 2.56. The molecule has 0 aliphatic carbocycles. The van der Waals surface area contributed by atoms with Gasteiger partial charge in [0.15, 0.2) is 0 Å². The third-order valence-corrected chi connectivity index (χ3v) is 9.47. The lowest BCUT2D eigenvalue weighted by Gasteiger charge is -2.17. The Kier molecular flexibility index (Phi) is 36.9. The maximum Gasteiger partial charge on any atom is -0.00190 e. The quantitative estimate of drug-likeness (QED) is 0.0685. The summed E-state index contributed by atoms with van der Waals surface area (Å²) in [7, 11) is 0. The molecule has 0 rings (SSSR count). The fourth-order valence-electron chi connectivity index (χ4n) is 6.43. The number of hydrogen-bond acceptors (Lipinski definition) is 1. The first-order valence-corrected chi connectivity index (χ1v) is 19.6. The molecule has 0 saturated carbocycles. The number of rotatable bonds is 36. The average Bonchev–Trinajstić information content (AvgIpc) is 2.97. The van der Waals surface area contributed by atoms with Gasteiger partial charge in [-0.15, -0.1) is 0 Å². The fraction of sp³-hybridized carbons (Fsp3) is 1.00. The van der Waals surface area contributed by atoms with E-state index in [-0.39, 0.29) is 0 Å². The third kappa shape index (κ3) is 34.2. The van der Waals surface area contributed by atoms with E-state index in [9.17, 15) is 0 Å². The van der Waals surface area contributed by atoms with Crippen LogP contribution in [0.5, 0.6) is 0 Å². The summed E-state index contributed by atoms with van der Waals surface area (Å²) in [6.07, 6.45) is 48.8. The smallest absolute Gasteiger partial charge is 0.00190 e. The largest absolute Gasteiger partial charge is 0.304 e. The first kappa shape index (κ1) is 40.0. The highest BCUT2D eigenvalue weighted by atomic mass is 15.1. The molecule has 0 aromatic heterocycles. The van der Waals surface area contributed by atoms with Crippen molar-refractivity contribution in [1.82, 2.24) is 4.90 Å². The lowest BCUT2D eigenvalue weighted by atomic mass is 10.0. The van der Waals surface area contributed by atoms with Crippen molar-refractivity contribution >= 4 is 0 Å². The molecule has 0 heterocycles. The van der Waals surface area contributed by atoms with Crippen molar-refractivity contribution in [2.24, 2.45) is 0 Å². The van der Waals surface area contributed by atoms with E-state index >= 15 is 0 Å². The molecule has 0 atom stereocenters. The molecule has 0 aliphatic rings. The lowest BCUT2D eigenvalue weighted by Crippen LogP contribution is -2.23. The normalized spacial score (nSPS) is 11.7. The molecule has 0 saturated heterocycles. The van der Waals surface area contributed by atoms with Gasteiger partial charge in [-0.1, -0.05) is 226 Å². The minimum absolute atomic E-state index is 1.22. The minimum atomic E-state index is 1.22. The zero-order valence-corrected chi connectivity index (χ0v) is 28.9. The van der Waals surface area contributed by atoms with E-state index in [0.29, 0.717) is 0 Å². The Morgan fingerprint density at radius 1 is 0.225 bits per heavy atom. The van der Waals surface area contributed by atoms with E-state index in [1.807, 2.05) is 0 Å². The van der Waals surface area contributed by atoms with Crippen LogP contribution >= 0.6 is 0 Å². The van der Waals surface area contributed by atoms with Gasteiger partial charge in [-0.25, -0.2) is 0 Å². The summed E-state index contributed by atoms with van der Waals surface area (Å²) < 4.78 is 0. The Bertz CT molecular complexity index is 415. The van der Waals surface area contributed by atoms with E-state index < -0.39 is 0 Å². The molecule has 0 aliphatic heterocycles. The Morgan fingerprint density at radius 2 is 0.400 bits per heavy atom. The standard InChI is InChI=1S/C39H81N/c1-4-7-8-9-10-11-12-13-14-15-16-17-18-19-20-21-22-23-24-25-26-27-28-29-30-31-32-33-34-35-36-37-38-39-40(5-2)6-3/h4-39H2,1-3H3. The van der Waals surface area contributed by atoms with Crippen LogP contribution in [0.2, 0.25) is 0 Å². The second-order valence-electron chi connectivity index (χ2n) is 13.3. The SMILES string of the molecule is CCCCCCCCCCCCCCCCCCCCCCCCCCCCCCCCCCCN(CC)CC. The molecule has 0 aromatic rings. The maximum atomic E-state index is 2.56. The number of hydrogen-bond donors (Lipinski definition) is 0. The highest BCUT2D eigenvalue weighted by Crippen LogP contribution is 2.17. The first-order valence-electron chi connectivity index (χ1n) is 19.6. The van der Waals surface area contributed by atoms with Crippen LogP contribution in [0.1, 0.15) is 233 Å². The topological polar surface area (TPSA) is 3.24 Å². The van der Waals surface area contributed by atoms with Crippen LogP contribution in [0.25, 0.3) is 0 Å². The molecule has 0 radical (unpaired) electrons. The summed E-state index contributed by atoms with van der Waals surface area (Å²) >= 11 is 0. The molecule has 0 bridgehead atoms. The molecule has 0 aromatic carbocycles. The average molecular weight is 564 g/mol. The van der Waals surface area contributed by atoms with Gasteiger partial charge in [-0.3, -0.25) is 0 Å². The van der Waals surface area contributed by atoms with E-state index in [1.54, 1.807) is 0 Å². The maximum absolute atomic E-state index is 2.56. The molecule has 40 heavy (non-hydrogen) atoms. The lowest BCUT2D eigenvalue weighted by molar-refractivity contribution is 0.295. The molecule has 1 nitrogen and oxygen atoms in total. The van der Waals surface area contributed by atoms with E-state index in [1.165, 1.54) is 232 Å². The van der Waals surface area contributed by atoms with Crippen molar-refractivity contribution in [2.75, 3.05) is 19.6 Å². The van der Waals surface area contributed by atoms with E-state index in [4.69, 9.17) is 0 Å². The van der Waals surface area contributed by atoms with Crippen molar-refractivity contribution in [3.8, 4) is 0 Å². The van der Waals surface area contributed by atoms with Crippen molar-refractivity contribution in [3.63, 3.8) is 0 Å². The monoisotopic (exact) mass is 564 g/mol. The number of nitrogens with zero attached hydrogens (tertiary/aromatic N) is 1. The molecule has 0 fully saturated rings. The van der Waals surface area contributed by atoms with Gasteiger partial charge in [0, 0.05) is 0 Å². The zero-order chi connectivity index (χ0) is 29.0. The van der Waals surface area contributed by atoms with Crippen molar-refractivity contribution in [1.29, 1.82) is 0 Å². The van der Waals surface area contributed by atoms with Gasteiger partial charge in [-0.2, -0.15) is 0 Å². The first-order chi connectivity index (χ1) is 19.8. The van der Waals surface area contributed by atoms with Gasteiger partial charge in [0.2, 0.25) is 0 Å². The molecular weight excluding hydrogens is 482 g/mol. The molecule has 0 spiro atoms. The van der Waals surface area contributed by atoms with Crippen LogP contribution < -0.4 is 0 Å². The summed E-state index contributed by atoms with van der Waals surface area (Å²) in [6, 6.07) is 0. The van der Waals surface area contributed by atoms with Crippen LogP contribution in [0, 0.1) is 0 Å². The van der Waals surface area contributed by atoms with Gasteiger partial charge >= 0.3 is 0 Å². The van der Waals surface area contributed by atoms with Crippen LogP contribution in [0.3, 0.4) is 0 Å². The molecule has 0 N–H and O–H groups in total. The second kappa shape index (κ2) is 37.0. The van der Waals surface area contributed by atoms with Crippen molar-refractivity contribution in [3.05, 3.63) is 0 Å². The van der Waals surface area contributed by atoms with Gasteiger partial charge in [0.05, 0.1) is 0 Å². The van der Waals surface area contributed by atoms with Crippen LogP contribution in [-0.4, -0.2) is 24.5 Å². The number of unbranched alkanes of at least 4 members (excludes halogenated alkanes) is 32. The Morgan fingerprint density at radius 3 is 0.575 bits per heavy atom. The summed E-state index contributed by atoms with van der Waals surface area (Å²) in [5.41, 5.74) is 0. The molecule has 1 heteroatoms.